The molecule has 2 aromatic heterocycles. The Balaban J connectivity index is 2.53. The van der Waals surface area contributed by atoms with E-state index in [9.17, 15) is 4.79 Å². The summed E-state index contributed by atoms with van der Waals surface area (Å²) in [6.45, 7) is 10.3. The second-order valence-electron chi connectivity index (χ2n) is 4.51. The predicted molar refractivity (Wildman–Crippen MR) is 68.8 cm³/mol. The van der Waals surface area contributed by atoms with Crippen LogP contribution in [-0.2, 0) is 6.54 Å². The summed E-state index contributed by atoms with van der Waals surface area (Å²) in [5, 5.41) is 8.60. The van der Waals surface area contributed by atoms with Gasteiger partial charge in [0.1, 0.15) is 0 Å². The van der Waals surface area contributed by atoms with Crippen LogP contribution in [0.2, 0.25) is 0 Å². The van der Waals surface area contributed by atoms with E-state index in [4.69, 9.17) is 0 Å². The van der Waals surface area contributed by atoms with Gasteiger partial charge in [-0.05, 0) is 40.7 Å². The maximum absolute atomic E-state index is 12.5. The first kappa shape index (κ1) is 12.5. The van der Waals surface area contributed by atoms with E-state index in [0.717, 1.165) is 29.3 Å². The average molecular weight is 246 g/mol. The number of rotatable bonds is 2. The van der Waals surface area contributed by atoms with Crippen molar-refractivity contribution in [3.63, 3.8) is 0 Å². The summed E-state index contributed by atoms with van der Waals surface area (Å²) in [6.07, 6.45) is 0. The zero-order chi connectivity index (χ0) is 13.4. The molecule has 5 nitrogen and oxygen atoms in total. The maximum Gasteiger partial charge on any atom is 0.282 e. The number of hydrogen-bond acceptors (Lipinski definition) is 3. The Morgan fingerprint density at radius 3 is 2.33 bits per heavy atom. The van der Waals surface area contributed by atoms with Gasteiger partial charge in [0.05, 0.1) is 17.0 Å². The van der Waals surface area contributed by atoms with Crippen LogP contribution < -0.4 is 0 Å². The molecule has 0 radical (unpaired) electrons. The van der Waals surface area contributed by atoms with Crippen molar-refractivity contribution in [3.8, 4) is 0 Å². The van der Waals surface area contributed by atoms with Crippen LogP contribution >= 0.6 is 0 Å². The minimum Gasteiger partial charge on any atom is -0.269 e. The van der Waals surface area contributed by atoms with E-state index in [1.54, 1.807) is 0 Å². The highest BCUT2D eigenvalue weighted by molar-refractivity contribution is 5.97. The third-order valence-electron chi connectivity index (χ3n) is 3.10. The van der Waals surface area contributed by atoms with Crippen LogP contribution in [0.1, 0.15) is 40.1 Å². The molecule has 0 bridgehead atoms. The first-order chi connectivity index (χ1) is 8.45. The van der Waals surface area contributed by atoms with Gasteiger partial charge in [-0.3, -0.25) is 9.48 Å². The maximum atomic E-state index is 12.5. The van der Waals surface area contributed by atoms with Crippen molar-refractivity contribution in [2.24, 2.45) is 0 Å². The van der Waals surface area contributed by atoms with Crippen molar-refractivity contribution < 1.29 is 4.79 Å². The van der Waals surface area contributed by atoms with Crippen molar-refractivity contribution in [1.82, 2.24) is 19.6 Å². The Hall–Kier alpha value is -1.91. The lowest BCUT2D eigenvalue weighted by molar-refractivity contribution is 0.0941. The van der Waals surface area contributed by atoms with E-state index in [0.29, 0.717) is 5.56 Å². The molecule has 0 spiro atoms. The smallest absolute Gasteiger partial charge is 0.269 e. The van der Waals surface area contributed by atoms with Gasteiger partial charge in [-0.2, -0.15) is 10.2 Å². The molecule has 96 valence electrons. The molecule has 0 fully saturated rings. The fourth-order valence-electron chi connectivity index (χ4n) is 2.25. The fourth-order valence-corrected chi connectivity index (χ4v) is 2.25. The fraction of sp³-hybridized carbons (Fsp3) is 0.462. The number of carbonyl (C=O) groups excluding carboxylic acids is 1. The molecular formula is C13H18N4O. The molecule has 0 aromatic carbocycles. The third kappa shape index (κ3) is 1.85. The monoisotopic (exact) mass is 246 g/mol. The molecule has 0 unspecified atom stereocenters. The molecule has 2 heterocycles. The van der Waals surface area contributed by atoms with Crippen LogP contribution in [0.3, 0.4) is 0 Å². The molecular weight excluding hydrogens is 228 g/mol. The van der Waals surface area contributed by atoms with Gasteiger partial charge in [0.15, 0.2) is 0 Å². The first-order valence-electron chi connectivity index (χ1n) is 6.07. The van der Waals surface area contributed by atoms with E-state index in [1.165, 1.54) is 4.68 Å². The van der Waals surface area contributed by atoms with Crippen molar-refractivity contribution in [3.05, 3.63) is 34.4 Å². The second-order valence-corrected chi connectivity index (χ2v) is 4.51. The Morgan fingerprint density at radius 2 is 1.89 bits per heavy atom. The molecule has 0 aliphatic rings. The van der Waals surface area contributed by atoms with Crippen molar-refractivity contribution >= 4 is 5.91 Å². The lowest BCUT2D eigenvalue weighted by Gasteiger charge is -2.04. The second kappa shape index (κ2) is 4.40. The lowest BCUT2D eigenvalue weighted by atomic mass is 10.2. The Morgan fingerprint density at radius 1 is 1.22 bits per heavy atom. The molecule has 0 N–H and O–H groups in total. The Bertz CT molecular complexity index is 607. The summed E-state index contributed by atoms with van der Waals surface area (Å²) in [6, 6.07) is 1.90. The van der Waals surface area contributed by atoms with Gasteiger partial charge in [0, 0.05) is 17.9 Å². The largest absolute Gasteiger partial charge is 0.282 e. The average Bonchev–Trinajstić information content (AvgIpc) is 2.78. The Labute approximate surface area is 106 Å². The van der Waals surface area contributed by atoms with Gasteiger partial charge in [-0.25, -0.2) is 4.68 Å². The molecule has 0 saturated heterocycles. The predicted octanol–water partition coefficient (Wildman–Crippen LogP) is 2.02. The van der Waals surface area contributed by atoms with E-state index < -0.39 is 0 Å². The highest BCUT2D eigenvalue weighted by Crippen LogP contribution is 2.16. The normalized spacial score (nSPS) is 10.9. The molecule has 2 rings (SSSR count). The molecule has 0 aliphatic carbocycles. The van der Waals surface area contributed by atoms with Gasteiger partial charge < -0.3 is 0 Å². The number of carbonyl (C=O) groups is 1. The van der Waals surface area contributed by atoms with Crippen molar-refractivity contribution in [1.29, 1.82) is 0 Å². The van der Waals surface area contributed by atoms with Gasteiger partial charge >= 0.3 is 0 Å². The zero-order valence-electron chi connectivity index (χ0n) is 11.5. The topological polar surface area (TPSA) is 52.7 Å². The summed E-state index contributed by atoms with van der Waals surface area (Å²) in [4.78, 5) is 12.5. The van der Waals surface area contributed by atoms with Gasteiger partial charge in [0.25, 0.3) is 5.91 Å². The van der Waals surface area contributed by atoms with Gasteiger partial charge in [-0.15, -0.1) is 0 Å². The summed E-state index contributed by atoms with van der Waals surface area (Å²) < 4.78 is 3.29. The zero-order valence-corrected chi connectivity index (χ0v) is 11.5. The van der Waals surface area contributed by atoms with Crippen LogP contribution in [0.5, 0.6) is 0 Å². The van der Waals surface area contributed by atoms with Crippen molar-refractivity contribution in [2.45, 2.75) is 41.2 Å². The number of nitrogens with zero attached hydrogens (tertiary/aromatic N) is 4. The SMILES string of the molecule is CCn1nc(C)c(C(=O)n2nc(C)cc2C)c1C. The molecule has 0 amide bonds. The van der Waals surface area contributed by atoms with Gasteiger partial charge in [0.2, 0.25) is 0 Å². The highest BCUT2D eigenvalue weighted by Gasteiger charge is 2.21. The van der Waals surface area contributed by atoms with E-state index in [2.05, 4.69) is 10.2 Å². The van der Waals surface area contributed by atoms with E-state index in [-0.39, 0.29) is 5.91 Å². The van der Waals surface area contributed by atoms with Crippen LogP contribution in [0.15, 0.2) is 6.07 Å². The third-order valence-corrected chi connectivity index (χ3v) is 3.10. The minimum absolute atomic E-state index is 0.102. The van der Waals surface area contributed by atoms with Crippen LogP contribution in [0.4, 0.5) is 0 Å². The number of aromatic nitrogens is 4. The Kier molecular flexibility index (Phi) is 3.07. The van der Waals surface area contributed by atoms with Gasteiger partial charge in [-0.1, -0.05) is 0 Å². The minimum atomic E-state index is -0.102. The quantitative estimate of drug-likeness (QED) is 0.814. The molecule has 5 heteroatoms. The number of aryl methyl sites for hydroxylation is 4. The van der Waals surface area contributed by atoms with Crippen LogP contribution in [-0.4, -0.2) is 25.5 Å². The van der Waals surface area contributed by atoms with Crippen LogP contribution in [0.25, 0.3) is 0 Å². The molecule has 18 heavy (non-hydrogen) atoms. The standard InChI is InChI=1S/C13H18N4O/c1-6-16-11(5)12(10(4)15-16)13(18)17-9(3)7-8(2)14-17/h7H,6H2,1-5H3. The molecule has 0 atom stereocenters. The molecule has 2 aromatic rings. The summed E-state index contributed by atoms with van der Waals surface area (Å²) in [7, 11) is 0. The lowest BCUT2D eigenvalue weighted by Crippen LogP contribution is -2.17. The molecule has 0 aliphatic heterocycles. The van der Waals surface area contributed by atoms with Crippen molar-refractivity contribution in [2.75, 3.05) is 0 Å². The highest BCUT2D eigenvalue weighted by atomic mass is 16.2. The summed E-state index contributed by atoms with van der Waals surface area (Å²) >= 11 is 0. The molecule has 0 saturated carbocycles. The van der Waals surface area contributed by atoms with E-state index in [1.807, 2.05) is 45.4 Å². The van der Waals surface area contributed by atoms with E-state index >= 15 is 0 Å². The summed E-state index contributed by atoms with van der Waals surface area (Å²) in [5.74, 6) is -0.102. The first-order valence-corrected chi connectivity index (χ1v) is 6.07. The number of hydrogen-bond donors (Lipinski definition) is 0. The van der Waals surface area contributed by atoms with Crippen LogP contribution in [0, 0.1) is 27.7 Å². The summed E-state index contributed by atoms with van der Waals surface area (Å²) in [5.41, 5.74) is 4.00.